The molecule has 0 aliphatic carbocycles. The van der Waals surface area contributed by atoms with Crippen LogP contribution in [0.1, 0.15) is 35.9 Å². The number of rotatable bonds is 8. The Hall–Kier alpha value is -5.82. The molecular weight excluding hydrogens is 589 g/mol. The summed E-state index contributed by atoms with van der Waals surface area (Å²) >= 11 is 0. The predicted octanol–water partition coefficient (Wildman–Crippen LogP) is 9.19. The van der Waals surface area contributed by atoms with Gasteiger partial charge in [-0.1, -0.05) is 98.8 Å². The minimum Gasteiger partial charge on any atom is -0.308 e. The van der Waals surface area contributed by atoms with Gasteiger partial charge < -0.3 is 9.13 Å². The van der Waals surface area contributed by atoms with Crippen molar-refractivity contribution in [3.05, 3.63) is 163 Å². The monoisotopic (exact) mass is 626 g/mol. The lowest BCUT2D eigenvalue weighted by Crippen LogP contribution is -2.02. The Kier molecular flexibility index (Phi) is 8.67. The Morgan fingerprint density at radius 3 is 1.75 bits per heavy atom. The summed E-state index contributed by atoms with van der Waals surface area (Å²) in [6, 6.07) is 43.0. The second-order valence-electron chi connectivity index (χ2n) is 11.8. The molecule has 0 amide bonds. The summed E-state index contributed by atoms with van der Waals surface area (Å²) in [5.41, 5.74) is 12.5. The number of aromatic nitrogens is 4. The number of para-hydroxylation sites is 3. The van der Waals surface area contributed by atoms with E-state index in [-0.39, 0.29) is 0 Å². The Balaban J connectivity index is 0.00000179. The van der Waals surface area contributed by atoms with E-state index in [1.165, 1.54) is 43.8 Å². The number of hydrogen-bond acceptors (Lipinski definition) is 4. The molecule has 6 nitrogen and oxygen atoms in total. The fraction of sp³-hybridized carbons (Fsp3) is 0.0952. The fourth-order valence-electron chi connectivity index (χ4n) is 6.88. The Morgan fingerprint density at radius 2 is 1.19 bits per heavy atom. The van der Waals surface area contributed by atoms with Crippen LogP contribution in [0.4, 0.5) is 0 Å². The van der Waals surface area contributed by atoms with Gasteiger partial charge in [0.1, 0.15) is 0 Å². The second-order valence-corrected chi connectivity index (χ2v) is 11.8. The van der Waals surface area contributed by atoms with Crippen LogP contribution >= 0.6 is 0 Å². The summed E-state index contributed by atoms with van der Waals surface area (Å²) < 4.78 is 4.59. The van der Waals surface area contributed by atoms with Gasteiger partial charge in [-0.25, -0.2) is 0 Å². The highest BCUT2D eigenvalue weighted by Crippen LogP contribution is 2.33. The molecule has 0 bridgehead atoms. The summed E-state index contributed by atoms with van der Waals surface area (Å²) in [4.78, 5) is 9.75. The van der Waals surface area contributed by atoms with Gasteiger partial charge in [-0.3, -0.25) is 21.7 Å². The highest BCUT2D eigenvalue weighted by Gasteiger charge is 2.16. The third kappa shape index (κ3) is 5.47. The van der Waals surface area contributed by atoms with Gasteiger partial charge in [-0.15, -0.1) is 0 Å². The molecule has 0 spiro atoms. The molecule has 8 aromatic rings. The molecule has 8 rings (SSSR count). The van der Waals surface area contributed by atoms with E-state index < -0.39 is 0 Å². The van der Waals surface area contributed by atoms with Crippen LogP contribution in [0.15, 0.2) is 140 Å². The molecular formula is C42H38N6. The summed E-state index contributed by atoms with van der Waals surface area (Å²) in [6.45, 7) is 6.37. The maximum atomic E-state index is 4.88. The number of hydrogen-bond donors (Lipinski definition) is 2. The topological polar surface area (TPSA) is 87.7 Å². The summed E-state index contributed by atoms with van der Waals surface area (Å²) in [5, 5.41) is 3.80. The molecule has 4 aromatic heterocycles. The van der Waals surface area contributed by atoms with E-state index in [2.05, 4.69) is 156 Å². The molecule has 0 radical (unpaired) electrons. The first kappa shape index (κ1) is 30.8. The second kappa shape index (κ2) is 13.5. The molecule has 4 heterocycles. The average Bonchev–Trinajstić information content (AvgIpc) is 3.66. The number of hydrazine groups is 1. The van der Waals surface area contributed by atoms with Crippen molar-refractivity contribution < 1.29 is 0 Å². The lowest BCUT2D eigenvalue weighted by molar-refractivity contribution is 0.917. The zero-order valence-electron chi connectivity index (χ0n) is 27.1. The van der Waals surface area contributed by atoms with E-state index in [9.17, 15) is 0 Å². The number of fused-ring (bicyclic) bond motifs is 4. The van der Waals surface area contributed by atoms with Crippen molar-refractivity contribution >= 4 is 38.8 Å². The summed E-state index contributed by atoms with van der Waals surface area (Å²) in [5.74, 6) is 8.00. The van der Waals surface area contributed by atoms with Gasteiger partial charge in [0.05, 0.1) is 46.0 Å². The van der Waals surface area contributed by atoms with Crippen molar-refractivity contribution in [2.24, 2.45) is 11.7 Å². The molecule has 0 atom stereocenters. The van der Waals surface area contributed by atoms with Crippen molar-refractivity contribution in [1.29, 1.82) is 0 Å². The Labute approximate surface area is 280 Å². The largest absolute Gasteiger partial charge is 0.308 e. The van der Waals surface area contributed by atoms with E-state index in [4.69, 9.17) is 9.97 Å². The first-order chi connectivity index (χ1) is 23.7. The number of aryl methyl sites for hydroxylation is 1. The summed E-state index contributed by atoms with van der Waals surface area (Å²) in [7, 11) is 0. The van der Waals surface area contributed by atoms with Crippen molar-refractivity contribution in [2.75, 3.05) is 0 Å². The standard InChI is InChI=1S/C42H34N4.H4N2/c1-3-11-34-35-12-5-8-15-40(35)45(39(34)4-2)33-24-25-38(44-28-33)30-20-18-29(19-21-30)26-31-22-23-32(27-43-31)46-41-16-9-6-13-36(41)37-14-7-10-17-42(37)46;1-2/h4-10,12-25,27-28H,2-3,11,26H2,1H3;1-2H2. The third-order valence-corrected chi connectivity index (χ3v) is 9.00. The quantitative estimate of drug-likeness (QED) is 0.130. The van der Waals surface area contributed by atoms with Crippen LogP contribution in [-0.2, 0) is 12.8 Å². The van der Waals surface area contributed by atoms with Crippen LogP contribution in [0.5, 0.6) is 0 Å². The molecule has 0 saturated carbocycles. The fourth-order valence-corrected chi connectivity index (χ4v) is 6.88. The molecule has 4 N–H and O–H groups in total. The van der Waals surface area contributed by atoms with Crippen molar-refractivity contribution in [3.63, 3.8) is 0 Å². The lowest BCUT2D eigenvalue weighted by Gasteiger charge is -2.11. The number of benzene rings is 4. The maximum Gasteiger partial charge on any atom is 0.0703 e. The Bertz CT molecular complexity index is 2290. The zero-order chi connectivity index (χ0) is 33.0. The lowest BCUT2D eigenvalue weighted by atomic mass is 10.0. The Morgan fingerprint density at radius 1 is 0.625 bits per heavy atom. The van der Waals surface area contributed by atoms with Gasteiger partial charge in [0, 0.05) is 39.5 Å². The molecule has 0 aliphatic rings. The first-order valence-corrected chi connectivity index (χ1v) is 16.3. The van der Waals surface area contributed by atoms with E-state index in [0.29, 0.717) is 0 Å². The molecule has 0 aliphatic heterocycles. The van der Waals surface area contributed by atoms with Crippen LogP contribution in [0.2, 0.25) is 0 Å². The molecule has 6 heteroatoms. The van der Waals surface area contributed by atoms with Crippen LogP contribution in [-0.4, -0.2) is 19.1 Å². The van der Waals surface area contributed by atoms with Crippen molar-refractivity contribution in [3.8, 4) is 22.6 Å². The highest BCUT2D eigenvalue weighted by atomic mass is 15.0. The van der Waals surface area contributed by atoms with E-state index in [1.54, 1.807) is 0 Å². The van der Waals surface area contributed by atoms with Gasteiger partial charge in [0.15, 0.2) is 0 Å². The number of pyridine rings is 2. The van der Waals surface area contributed by atoms with Gasteiger partial charge in [0.25, 0.3) is 0 Å². The van der Waals surface area contributed by atoms with Gasteiger partial charge >= 0.3 is 0 Å². The normalized spacial score (nSPS) is 11.1. The van der Waals surface area contributed by atoms with E-state index >= 15 is 0 Å². The molecule has 4 aromatic carbocycles. The highest BCUT2D eigenvalue weighted by molar-refractivity contribution is 6.09. The van der Waals surface area contributed by atoms with Crippen LogP contribution in [0, 0.1) is 0 Å². The molecule has 48 heavy (non-hydrogen) atoms. The first-order valence-electron chi connectivity index (χ1n) is 16.3. The van der Waals surface area contributed by atoms with Gasteiger partial charge in [-0.05, 0) is 66.1 Å². The third-order valence-electron chi connectivity index (χ3n) is 9.00. The molecule has 236 valence electrons. The average molecular weight is 627 g/mol. The van der Waals surface area contributed by atoms with Crippen molar-refractivity contribution in [1.82, 2.24) is 19.1 Å². The SMILES string of the molecule is C=Cc1c(CCC)c2ccccc2n1-c1ccc(-c2ccc(Cc3ccc(-n4c5ccccc5c5ccccc54)cn3)cc2)nc1.NN. The van der Waals surface area contributed by atoms with Crippen LogP contribution in [0.25, 0.3) is 61.4 Å². The van der Waals surface area contributed by atoms with E-state index in [1.807, 2.05) is 18.5 Å². The smallest absolute Gasteiger partial charge is 0.0703 e. The van der Waals surface area contributed by atoms with Crippen molar-refractivity contribution in [2.45, 2.75) is 26.2 Å². The number of nitrogens with zero attached hydrogens (tertiary/aromatic N) is 4. The molecule has 0 fully saturated rings. The van der Waals surface area contributed by atoms with Crippen LogP contribution < -0.4 is 11.7 Å². The van der Waals surface area contributed by atoms with E-state index in [0.717, 1.165) is 53.3 Å². The minimum absolute atomic E-state index is 0.769. The van der Waals surface area contributed by atoms with Gasteiger partial charge in [0.2, 0.25) is 0 Å². The summed E-state index contributed by atoms with van der Waals surface area (Å²) in [6.07, 6.45) is 8.82. The molecule has 0 saturated heterocycles. The predicted molar refractivity (Wildman–Crippen MR) is 200 cm³/mol. The molecule has 0 unspecified atom stereocenters. The van der Waals surface area contributed by atoms with Crippen LogP contribution in [0.3, 0.4) is 0 Å². The maximum absolute atomic E-state index is 4.88. The number of nitrogens with two attached hydrogens (primary N) is 2. The zero-order valence-corrected chi connectivity index (χ0v) is 27.1. The van der Waals surface area contributed by atoms with Gasteiger partial charge in [-0.2, -0.15) is 0 Å². The minimum atomic E-state index is 0.769.